The fourth-order valence-corrected chi connectivity index (χ4v) is 6.87. The van der Waals surface area contributed by atoms with Crippen molar-refractivity contribution < 1.29 is 42.9 Å². The molecule has 7 rings (SSSR count). The maximum absolute atomic E-state index is 13.9. The van der Waals surface area contributed by atoms with Crippen LogP contribution in [0.2, 0.25) is 0 Å². The smallest absolute Gasteiger partial charge is 0.407 e. The molecule has 0 bridgehead atoms. The van der Waals surface area contributed by atoms with Gasteiger partial charge < -0.3 is 29.6 Å². The van der Waals surface area contributed by atoms with Crippen molar-refractivity contribution in [3.05, 3.63) is 185 Å². The van der Waals surface area contributed by atoms with Crippen LogP contribution in [0.15, 0.2) is 152 Å². The van der Waals surface area contributed by atoms with E-state index in [1.54, 1.807) is 60.7 Å². The van der Waals surface area contributed by atoms with Gasteiger partial charge in [-0.25, -0.2) is 4.79 Å². The summed E-state index contributed by atoms with van der Waals surface area (Å²) in [5.74, 6) is 0.828. The molecule has 0 spiro atoms. The number of alkyl carbamates (subject to hydrolysis) is 1. The lowest BCUT2D eigenvalue weighted by Crippen LogP contribution is -2.31. The van der Waals surface area contributed by atoms with E-state index in [1.165, 1.54) is 11.0 Å². The molecule has 6 aromatic rings. The lowest BCUT2D eigenvalue weighted by Gasteiger charge is -2.15. The van der Waals surface area contributed by atoms with Crippen molar-refractivity contribution in [3.63, 3.8) is 0 Å². The van der Waals surface area contributed by atoms with E-state index in [-0.39, 0.29) is 54.9 Å². The van der Waals surface area contributed by atoms with E-state index >= 15 is 0 Å². The van der Waals surface area contributed by atoms with Gasteiger partial charge in [-0.3, -0.25) is 24.1 Å². The highest BCUT2D eigenvalue weighted by atomic mass is 16.5. The first kappa shape index (κ1) is 43.4. The van der Waals surface area contributed by atoms with Gasteiger partial charge in [0.1, 0.15) is 36.2 Å². The molecule has 320 valence electrons. The number of hydrogen-bond donors (Lipinski definition) is 2. The zero-order valence-electron chi connectivity index (χ0n) is 34.6. The summed E-state index contributed by atoms with van der Waals surface area (Å²) in [6.45, 7) is 1.35. The molecule has 0 fully saturated rings. The standard InChI is InChI=1S/C51H47N3O9/c55-47(19-8-3-11-30-52-51(59)62-35-37-15-6-2-7-16-37)43-29-28-42(60-32-12-31-54-49(57)44-17-9-10-18-45(44)50(54)58)33-46(43)48(56)53-38-20-22-40(23-21-38)63-41-26-24-39(25-27-41)61-34-36-13-4-1-5-14-36/h1-2,4-7,9-10,13-18,20-29,33H,3,8,11-12,19,30-32,34-35H2,(H,52,59)(H,53,56). The SMILES string of the molecule is O=C(NCCCCCC(=O)c1ccc(OCCCN2C(=O)c3ccccc3C2=O)cc1C(=O)Nc1ccc(Oc2ccc(OCc3ccccc3)cc2)cc1)OCc1ccccc1. The van der Waals surface area contributed by atoms with Gasteiger partial charge in [-0.15, -0.1) is 0 Å². The molecular weight excluding hydrogens is 799 g/mol. The fraction of sp³-hybridized carbons (Fsp3) is 0.196. The number of anilines is 1. The van der Waals surface area contributed by atoms with E-state index in [1.807, 2.05) is 84.9 Å². The molecule has 63 heavy (non-hydrogen) atoms. The summed E-state index contributed by atoms with van der Waals surface area (Å²) in [6.07, 6.45) is 1.89. The summed E-state index contributed by atoms with van der Waals surface area (Å²) < 4.78 is 23.1. The van der Waals surface area contributed by atoms with Crippen LogP contribution in [0.25, 0.3) is 0 Å². The lowest BCUT2D eigenvalue weighted by molar-refractivity contribution is 0.0646. The van der Waals surface area contributed by atoms with Crippen LogP contribution in [0.3, 0.4) is 0 Å². The summed E-state index contributed by atoms with van der Waals surface area (Å²) in [5, 5.41) is 5.63. The van der Waals surface area contributed by atoms with E-state index in [9.17, 15) is 24.0 Å². The third-order valence-corrected chi connectivity index (χ3v) is 10.2. The van der Waals surface area contributed by atoms with Crippen molar-refractivity contribution in [2.75, 3.05) is 25.0 Å². The molecule has 4 amide bonds. The molecule has 12 nitrogen and oxygen atoms in total. The highest BCUT2D eigenvalue weighted by Gasteiger charge is 2.34. The molecule has 0 saturated carbocycles. The van der Waals surface area contributed by atoms with Crippen LogP contribution in [-0.4, -0.2) is 54.2 Å². The van der Waals surface area contributed by atoms with Gasteiger partial charge >= 0.3 is 6.09 Å². The number of carbonyl (C=O) groups excluding carboxylic acids is 5. The molecule has 0 aliphatic carbocycles. The largest absolute Gasteiger partial charge is 0.494 e. The Labute approximate surface area is 365 Å². The molecule has 0 unspecified atom stereocenters. The second-order valence-electron chi connectivity index (χ2n) is 14.8. The first-order valence-corrected chi connectivity index (χ1v) is 20.9. The maximum atomic E-state index is 13.9. The number of fused-ring (bicyclic) bond motifs is 1. The third kappa shape index (κ3) is 12.2. The van der Waals surface area contributed by atoms with Gasteiger partial charge in [-0.1, -0.05) is 79.2 Å². The number of Topliss-reactive ketones (excluding diaryl/α,β-unsaturated/α-hetero) is 1. The summed E-state index contributed by atoms with van der Waals surface area (Å²) in [6, 6.07) is 44.9. The van der Waals surface area contributed by atoms with Crippen molar-refractivity contribution in [2.45, 2.75) is 45.3 Å². The summed E-state index contributed by atoms with van der Waals surface area (Å²) in [7, 11) is 0. The Bertz CT molecular complexity index is 2480. The van der Waals surface area contributed by atoms with Gasteiger partial charge in [0.15, 0.2) is 5.78 Å². The number of nitrogens with zero attached hydrogens (tertiary/aromatic N) is 1. The number of amides is 4. The molecular formula is C51H47N3O9. The monoisotopic (exact) mass is 845 g/mol. The Morgan fingerprint density at radius 3 is 1.79 bits per heavy atom. The average Bonchev–Trinajstić information content (AvgIpc) is 3.56. The molecule has 1 heterocycles. The van der Waals surface area contributed by atoms with Crippen LogP contribution < -0.4 is 24.8 Å². The number of ketones is 1. The van der Waals surface area contributed by atoms with Gasteiger partial charge in [0.2, 0.25) is 0 Å². The first-order valence-electron chi connectivity index (χ1n) is 20.9. The minimum atomic E-state index is -0.507. The van der Waals surface area contributed by atoms with Gasteiger partial charge in [-0.05, 0) is 109 Å². The maximum Gasteiger partial charge on any atom is 0.407 e. The van der Waals surface area contributed by atoms with Crippen molar-refractivity contribution >= 4 is 35.3 Å². The number of rotatable bonds is 21. The molecule has 1 aliphatic heterocycles. The predicted octanol–water partition coefficient (Wildman–Crippen LogP) is 10.0. The number of unbranched alkanes of at least 4 members (excludes halogenated alkanes) is 2. The van der Waals surface area contributed by atoms with Gasteiger partial charge in [-0.2, -0.15) is 0 Å². The molecule has 1 aliphatic rings. The zero-order chi connectivity index (χ0) is 43.8. The fourth-order valence-electron chi connectivity index (χ4n) is 6.87. The second-order valence-corrected chi connectivity index (χ2v) is 14.8. The van der Waals surface area contributed by atoms with Gasteiger partial charge in [0.25, 0.3) is 17.7 Å². The van der Waals surface area contributed by atoms with Crippen LogP contribution in [0, 0.1) is 0 Å². The van der Waals surface area contributed by atoms with Crippen molar-refractivity contribution in [3.8, 4) is 23.0 Å². The quantitative estimate of drug-likeness (QED) is 0.0410. The molecule has 0 aromatic heterocycles. The van der Waals surface area contributed by atoms with Crippen molar-refractivity contribution in [1.82, 2.24) is 10.2 Å². The molecule has 0 saturated heterocycles. The van der Waals surface area contributed by atoms with E-state index in [2.05, 4.69) is 10.6 Å². The Morgan fingerprint density at radius 2 is 1.13 bits per heavy atom. The number of benzene rings is 6. The van der Waals surface area contributed by atoms with Crippen molar-refractivity contribution in [2.24, 2.45) is 0 Å². The minimum absolute atomic E-state index is 0.135. The zero-order valence-corrected chi connectivity index (χ0v) is 34.6. The number of nitrogens with one attached hydrogen (secondary N) is 2. The first-order chi connectivity index (χ1) is 30.8. The number of ether oxygens (including phenoxy) is 4. The van der Waals surface area contributed by atoms with Crippen LogP contribution in [0.1, 0.15) is 84.7 Å². The topological polar surface area (TPSA) is 150 Å². The molecule has 0 radical (unpaired) electrons. The predicted molar refractivity (Wildman–Crippen MR) is 237 cm³/mol. The van der Waals surface area contributed by atoms with Crippen LogP contribution >= 0.6 is 0 Å². The molecule has 12 heteroatoms. The summed E-state index contributed by atoms with van der Waals surface area (Å²) in [4.78, 5) is 66.3. The Morgan fingerprint density at radius 1 is 0.540 bits per heavy atom. The van der Waals surface area contributed by atoms with Crippen LogP contribution in [0.4, 0.5) is 10.5 Å². The van der Waals surface area contributed by atoms with Crippen molar-refractivity contribution in [1.29, 1.82) is 0 Å². The van der Waals surface area contributed by atoms with E-state index in [0.717, 1.165) is 11.1 Å². The molecule has 0 atom stereocenters. The van der Waals surface area contributed by atoms with Crippen LogP contribution in [0.5, 0.6) is 23.0 Å². The Hall–Kier alpha value is -7.73. The number of hydrogen-bond acceptors (Lipinski definition) is 9. The lowest BCUT2D eigenvalue weighted by atomic mass is 9.98. The van der Waals surface area contributed by atoms with E-state index in [4.69, 9.17) is 18.9 Å². The normalized spacial score (nSPS) is 11.7. The highest BCUT2D eigenvalue weighted by Crippen LogP contribution is 2.28. The summed E-state index contributed by atoms with van der Waals surface area (Å²) in [5.41, 5.74) is 3.59. The summed E-state index contributed by atoms with van der Waals surface area (Å²) >= 11 is 0. The number of imide groups is 1. The second kappa shape index (κ2) is 21.7. The number of carbonyl (C=O) groups is 5. The Kier molecular flexibility index (Phi) is 14.9. The average molecular weight is 846 g/mol. The van der Waals surface area contributed by atoms with Crippen LogP contribution in [-0.2, 0) is 18.0 Å². The minimum Gasteiger partial charge on any atom is -0.494 e. The third-order valence-electron chi connectivity index (χ3n) is 10.2. The van der Waals surface area contributed by atoms with E-state index in [0.29, 0.717) is 78.6 Å². The highest BCUT2D eigenvalue weighted by molar-refractivity contribution is 6.21. The van der Waals surface area contributed by atoms with Gasteiger partial charge in [0, 0.05) is 30.8 Å². The van der Waals surface area contributed by atoms with E-state index < -0.39 is 12.0 Å². The molecule has 6 aromatic carbocycles. The Balaban J connectivity index is 0.931. The van der Waals surface area contributed by atoms with Gasteiger partial charge in [0.05, 0.1) is 23.3 Å². The molecule has 2 N–H and O–H groups in total.